The van der Waals surface area contributed by atoms with Gasteiger partial charge in [0.1, 0.15) is 17.3 Å². The highest BCUT2D eigenvalue weighted by Gasteiger charge is 2.49. The summed E-state index contributed by atoms with van der Waals surface area (Å²) in [6, 6.07) is 0. The van der Waals surface area contributed by atoms with Gasteiger partial charge in [-0.1, -0.05) is 44.8 Å². The summed E-state index contributed by atoms with van der Waals surface area (Å²) < 4.78 is 13.9. The van der Waals surface area contributed by atoms with E-state index in [2.05, 4.69) is 0 Å². The van der Waals surface area contributed by atoms with Crippen LogP contribution in [0.4, 0.5) is 4.39 Å². The molecule has 0 aliphatic heterocycles. The number of carboxylic acid groups (broad SMARTS) is 1. The van der Waals surface area contributed by atoms with Crippen molar-refractivity contribution in [2.24, 2.45) is 11.3 Å². The molecule has 0 aromatic rings. The standard InChI is InChI=1S/C20H33FO4/c1-2-3-11-17(21)12-13-18(23)20(19(24)25,14-7-4-8-15-22)16-9-5-6-10-16/h4,8,13,16-17,22-23H,2-3,5-7,9-12,14-15H2,1H3,(H,24,25)/b8-4-,18-13+/t17?,20-/m0/s1. The lowest BCUT2D eigenvalue weighted by molar-refractivity contribution is -0.152. The lowest BCUT2D eigenvalue weighted by Gasteiger charge is -2.34. The molecule has 1 rings (SSSR count). The molecule has 3 N–H and O–H groups in total. The molecule has 1 unspecified atom stereocenters. The fourth-order valence-corrected chi connectivity index (χ4v) is 3.82. The second-order valence-electron chi connectivity index (χ2n) is 7.02. The van der Waals surface area contributed by atoms with E-state index in [1.165, 1.54) is 6.08 Å². The van der Waals surface area contributed by atoms with Crippen LogP contribution in [0.2, 0.25) is 0 Å². The van der Waals surface area contributed by atoms with E-state index in [-0.39, 0.29) is 31.1 Å². The molecule has 0 amide bonds. The minimum Gasteiger partial charge on any atom is -0.511 e. The van der Waals surface area contributed by atoms with Gasteiger partial charge in [-0.25, -0.2) is 4.39 Å². The number of rotatable bonds is 12. The van der Waals surface area contributed by atoms with Gasteiger partial charge in [0.2, 0.25) is 0 Å². The summed E-state index contributed by atoms with van der Waals surface area (Å²) >= 11 is 0. The van der Waals surface area contributed by atoms with Crippen LogP contribution in [-0.2, 0) is 4.79 Å². The largest absolute Gasteiger partial charge is 0.511 e. The Morgan fingerprint density at radius 2 is 1.96 bits per heavy atom. The third-order valence-electron chi connectivity index (χ3n) is 5.31. The zero-order chi connectivity index (χ0) is 18.7. The lowest BCUT2D eigenvalue weighted by atomic mass is 9.69. The van der Waals surface area contributed by atoms with Gasteiger partial charge in [-0.15, -0.1) is 0 Å². The van der Waals surface area contributed by atoms with Gasteiger partial charge in [0.05, 0.1) is 6.61 Å². The number of hydrogen-bond donors (Lipinski definition) is 3. The zero-order valence-electron chi connectivity index (χ0n) is 15.3. The fourth-order valence-electron chi connectivity index (χ4n) is 3.82. The maximum atomic E-state index is 13.9. The molecule has 1 aliphatic rings. The van der Waals surface area contributed by atoms with E-state index in [0.717, 1.165) is 38.5 Å². The molecule has 2 atom stereocenters. The first-order chi connectivity index (χ1) is 12.0. The monoisotopic (exact) mass is 356 g/mol. The van der Waals surface area contributed by atoms with Gasteiger partial charge in [0.25, 0.3) is 0 Å². The van der Waals surface area contributed by atoms with Gasteiger partial charge in [-0.3, -0.25) is 4.79 Å². The van der Waals surface area contributed by atoms with Crippen LogP contribution >= 0.6 is 0 Å². The van der Waals surface area contributed by atoms with Crippen molar-refractivity contribution < 1.29 is 24.5 Å². The first-order valence-corrected chi connectivity index (χ1v) is 9.51. The first-order valence-electron chi connectivity index (χ1n) is 9.51. The minimum absolute atomic E-state index is 0.0556. The molecule has 0 saturated heterocycles. The molecule has 0 spiro atoms. The van der Waals surface area contributed by atoms with E-state index in [0.29, 0.717) is 12.8 Å². The number of aliphatic carboxylic acids is 1. The average Bonchev–Trinajstić information content (AvgIpc) is 3.12. The maximum Gasteiger partial charge on any atom is 0.317 e. The third kappa shape index (κ3) is 6.14. The van der Waals surface area contributed by atoms with E-state index in [4.69, 9.17) is 5.11 Å². The van der Waals surface area contributed by atoms with Gasteiger partial charge < -0.3 is 15.3 Å². The van der Waals surface area contributed by atoms with Crippen molar-refractivity contribution in [3.8, 4) is 0 Å². The molecule has 144 valence electrons. The fraction of sp³-hybridized carbons (Fsp3) is 0.750. The Morgan fingerprint density at radius 1 is 1.28 bits per heavy atom. The average molecular weight is 356 g/mol. The highest BCUT2D eigenvalue weighted by atomic mass is 19.1. The molecule has 0 bridgehead atoms. The Hall–Kier alpha value is -1.36. The number of carboxylic acids is 1. The number of alkyl halides is 1. The van der Waals surface area contributed by atoms with Gasteiger partial charge >= 0.3 is 5.97 Å². The second-order valence-corrected chi connectivity index (χ2v) is 7.02. The zero-order valence-corrected chi connectivity index (χ0v) is 15.3. The van der Waals surface area contributed by atoms with Gasteiger partial charge in [0.15, 0.2) is 0 Å². The van der Waals surface area contributed by atoms with E-state index in [1.807, 2.05) is 6.92 Å². The number of halogens is 1. The smallest absolute Gasteiger partial charge is 0.317 e. The Morgan fingerprint density at radius 3 is 2.52 bits per heavy atom. The molecule has 1 aliphatic carbocycles. The van der Waals surface area contributed by atoms with Crippen molar-refractivity contribution in [2.75, 3.05) is 6.61 Å². The normalized spacial score (nSPS) is 20.0. The number of carbonyl (C=O) groups is 1. The molecule has 0 aromatic carbocycles. The number of hydrogen-bond acceptors (Lipinski definition) is 3. The number of aliphatic hydroxyl groups excluding tert-OH is 2. The Bertz CT molecular complexity index is 455. The van der Waals surface area contributed by atoms with Crippen LogP contribution in [0.3, 0.4) is 0 Å². The van der Waals surface area contributed by atoms with Gasteiger partial charge in [0, 0.05) is 6.42 Å². The summed E-state index contributed by atoms with van der Waals surface area (Å²) in [6.07, 6.45) is 10.0. The Balaban J connectivity index is 2.97. The Labute approximate surface area is 150 Å². The van der Waals surface area contributed by atoms with Crippen molar-refractivity contribution in [1.82, 2.24) is 0 Å². The predicted molar refractivity (Wildman–Crippen MR) is 97.2 cm³/mol. The van der Waals surface area contributed by atoms with Crippen LogP contribution in [0.25, 0.3) is 0 Å². The number of allylic oxidation sites excluding steroid dienone is 2. The summed E-state index contributed by atoms with van der Waals surface area (Å²) in [4.78, 5) is 12.2. The van der Waals surface area contributed by atoms with E-state index in [1.54, 1.807) is 12.2 Å². The summed E-state index contributed by atoms with van der Waals surface area (Å²) in [7, 11) is 0. The molecule has 1 fully saturated rings. The molecule has 1 saturated carbocycles. The quantitative estimate of drug-likeness (QED) is 0.342. The molecular formula is C20H33FO4. The summed E-state index contributed by atoms with van der Waals surface area (Å²) in [5.74, 6) is -1.35. The van der Waals surface area contributed by atoms with Crippen molar-refractivity contribution >= 4 is 5.97 Å². The van der Waals surface area contributed by atoms with Gasteiger partial charge in [-0.2, -0.15) is 0 Å². The van der Waals surface area contributed by atoms with Crippen molar-refractivity contribution in [3.63, 3.8) is 0 Å². The van der Waals surface area contributed by atoms with Gasteiger partial charge in [-0.05, 0) is 44.1 Å². The third-order valence-corrected chi connectivity index (χ3v) is 5.31. The Kier molecular flexibility index (Phi) is 9.79. The van der Waals surface area contributed by atoms with Crippen LogP contribution in [0.15, 0.2) is 24.0 Å². The van der Waals surface area contributed by atoms with Crippen LogP contribution in [0.1, 0.15) is 71.1 Å². The molecule has 5 heteroatoms. The highest BCUT2D eigenvalue weighted by molar-refractivity contribution is 5.78. The van der Waals surface area contributed by atoms with Crippen LogP contribution in [-0.4, -0.2) is 34.1 Å². The topological polar surface area (TPSA) is 77.8 Å². The molecular weight excluding hydrogens is 323 g/mol. The molecule has 0 aromatic heterocycles. The van der Waals surface area contributed by atoms with Crippen LogP contribution < -0.4 is 0 Å². The summed E-state index contributed by atoms with van der Waals surface area (Å²) in [5, 5.41) is 29.4. The second kappa shape index (κ2) is 11.3. The van der Waals surface area contributed by atoms with E-state index >= 15 is 0 Å². The number of unbranched alkanes of at least 4 members (excludes halogenated alkanes) is 1. The SMILES string of the molecule is CCCCC(F)C/C=C(/O)[C@@](CC/C=C\CO)(C(=O)O)C1CCCC1. The molecule has 0 radical (unpaired) electrons. The van der Waals surface area contributed by atoms with Crippen LogP contribution in [0, 0.1) is 11.3 Å². The first kappa shape index (κ1) is 21.7. The minimum atomic E-state index is -1.35. The maximum absolute atomic E-state index is 13.9. The summed E-state index contributed by atoms with van der Waals surface area (Å²) in [5.41, 5.74) is -1.35. The van der Waals surface area contributed by atoms with Crippen molar-refractivity contribution in [3.05, 3.63) is 24.0 Å². The molecule has 4 nitrogen and oxygen atoms in total. The van der Waals surface area contributed by atoms with Crippen LogP contribution in [0.5, 0.6) is 0 Å². The lowest BCUT2D eigenvalue weighted by Crippen LogP contribution is -2.40. The van der Waals surface area contributed by atoms with E-state index in [9.17, 15) is 19.4 Å². The highest BCUT2D eigenvalue weighted by Crippen LogP contribution is 2.48. The molecule has 0 heterocycles. The summed E-state index contributed by atoms with van der Waals surface area (Å²) in [6.45, 7) is 1.90. The van der Waals surface area contributed by atoms with Crippen molar-refractivity contribution in [2.45, 2.75) is 77.3 Å². The predicted octanol–water partition coefficient (Wildman–Crippen LogP) is 4.94. The van der Waals surface area contributed by atoms with Crippen molar-refractivity contribution in [1.29, 1.82) is 0 Å². The van der Waals surface area contributed by atoms with E-state index < -0.39 is 17.6 Å². The molecule has 25 heavy (non-hydrogen) atoms. The number of aliphatic hydroxyl groups is 2.